The Morgan fingerprint density at radius 1 is 1.26 bits per heavy atom. The van der Waals surface area contributed by atoms with Crippen molar-refractivity contribution in [2.45, 2.75) is 32.0 Å². The molecule has 0 unspecified atom stereocenters. The van der Waals surface area contributed by atoms with Crippen LogP contribution in [0.5, 0.6) is 5.75 Å². The predicted molar refractivity (Wildman–Crippen MR) is 126 cm³/mol. The molecule has 1 fully saturated rings. The Kier molecular flexibility index (Phi) is 5.74. The van der Waals surface area contributed by atoms with Crippen molar-refractivity contribution in [3.05, 3.63) is 54.5 Å². The number of hydrogen-bond acceptors (Lipinski definition) is 6. The summed E-state index contributed by atoms with van der Waals surface area (Å²) in [6.45, 7) is 2.53. The topological polar surface area (TPSA) is 131 Å². The molecule has 5 rings (SSSR count). The summed E-state index contributed by atoms with van der Waals surface area (Å²) < 4.78 is 6.14. The summed E-state index contributed by atoms with van der Waals surface area (Å²) in [6, 6.07) is 11.8. The molecule has 0 aliphatic carbocycles. The standard InChI is InChI=1S/C25H24N6O3/c1-15(32)25(33)31-8-5-19(6-9-31)34-23-3-2-16(10-17(23)12-26)21-14-28-24-20(21)11-18(13-27-24)22-4-7-29-30-22/h2-4,7,10-11,13-15,19,32H,5-6,8-9H2,1H3,(H,27,28)(H,29,30)/t15-/m0/s1. The molecule has 1 atom stereocenters. The molecule has 1 amide bonds. The van der Waals surface area contributed by atoms with Crippen LogP contribution in [0.2, 0.25) is 0 Å². The van der Waals surface area contributed by atoms with Crippen LogP contribution in [-0.2, 0) is 4.79 Å². The van der Waals surface area contributed by atoms with Gasteiger partial charge in [-0.1, -0.05) is 6.07 Å². The first-order valence-corrected chi connectivity index (χ1v) is 11.2. The Balaban J connectivity index is 1.37. The summed E-state index contributed by atoms with van der Waals surface area (Å²) in [7, 11) is 0. The fourth-order valence-electron chi connectivity index (χ4n) is 4.33. The number of aromatic nitrogens is 4. The molecule has 0 spiro atoms. The monoisotopic (exact) mass is 456 g/mol. The first-order valence-electron chi connectivity index (χ1n) is 11.2. The number of piperidine rings is 1. The zero-order valence-corrected chi connectivity index (χ0v) is 18.7. The van der Waals surface area contributed by atoms with Gasteiger partial charge in [0.2, 0.25) is 0 Å². The summed E-state index contributed by atoms with van der Waals surface area (Å²) in [5.74, 6) is 0.269. The summed E-state index contributed by atoms with van der Waals surface area (Å²) in [4.78, 5) is 21.3. The number of rotatable bonds is 5. The SMILES string of the molecule is C[C@H](O)C(=O)N1CCC(Oc2ccc(-c3c[nH]c4ncc(-c5cc[nH]n5)cc34)cc2C#N)CC1. The number of fused-ring (bicyclic) bond motifs is 1. The number of benzene rings is 1. The van der Waals surface area contributed by atoms with Crippen LogP contribution in [-0.4, -0.2) is 61.4 Å². The number of H-pyrrole nitrogens is 2. The second kappa shape index (κ2) is 9.00. The number of hydrogen-bond donors (Lipinski definition) is 3. The van der Waals surface area contributed by atoms with Crippen molar-refractivity contribution in [2.75, 3.05) is 13.1 Å². The van der Waals surface area contributed by atoms with Crippen molar-refractivity contribution < 1.29 is 14.6 Å². The summed E-state index contributed by atoms with van der Waals surface area (Å²) in [5.41, 5.74) is 4.73. The summed E-state index contributed by atoms with van der Waals surface area (Å²) >= 11 is 0. The average molecular weight is 457 g/mol. The van der Waals surface area contributed by atoms with E-state index in [-0.39, 0.29) is 12.0 Å². The molecule has 0 bridgehead atoms. The van der Waals surface area contributed by atoms with Crippen LogP contribution in [0.25, 0.3) is 33.4 Å². The van der Waals surface area contributed by atoms with E-state index in [4.69, 9.17) is 4.74 Å². The van der Waals surface area contributed by atoms with Gasteiger partial charge in [-0.05, 0) is 36.8 Å². The van der Waals surface area contributed by atoms with E-state index in [1.165, 1.54) is 6.92 Å². The Labute approximate surface area is 196 Å². The van der Waals surface area contributed by atoms with Crippen LogP contribution >= 0.6 is 0 Å². The number of aliphatic hydroxyl groups is 1. The largest absolute Gasteiger partial charge is 0.489 e. The third-order valence-corrected chi connectivity index (χ3v) is 6.14. The van der Waals surface area contributed by atoms with Crippen LogP contribution in [0.3, 0.4) is 0 Å². The molecule has 1 aliphatic heterocycles. The fraction of sp³-hybridized carbons (Fsp3) is 0.280. The van der Waals surface area contributed by atoms with Gasteiger partial charge < -0.3 is 19.7 Å². The van der Waals surface area contributed by atoms with E-state index in [2.05, 4.69) is 26.2 Å². The Morgan fingerprint density at radius 2 is 2.09 bits per heavy atom. The van der Waals surface area contributed by atoms with Crippen molar-refractivity contribution in [1.29, 1.82) is 5.26 Å². The Morgan fingerprint density at radius 3 is 2.79 bits per heavy atom. The minimum atomic E-state index is -0.995. The van der Waals surface area contributed by atoms with Crippen LogP contribution in [0.4, 0.5) is 0 Å². The van der Waals surface area contributed by atoms with Gasteiger partial charge in [0.1, 0.15) is 29.7 Å². The molecule has 4 aromatic rings. The smallest absolute Gasteiger partial charge is 0.251 e. The number of likely N-dealkylation sites (tertiary alicyclic amines) is 1. The molecule has 34 heavy (non-hydrogen) atoms. The van der Waals surface area contributed by atoms with Crippen molar-refractivity contribution in [2.24, 2.45) is 0 Å². The van der Waals surface area contributed by atoms with E-state index < -0.39 is 6.10 Å². The van der Waals surface area contributed by atoms with Crippen LogP contribution in [0, 0.1) is 11.3 Å². The summed E-state index contributed by atoms with van der Waals surface area (Å²) in [5, 5.41) is 27.3. The van der Waals surface area contributed by atoms with E-state index in [1.807, 2.05) is 36.5 Å². The molecular formula is C25H24N6O3. The maximum absolute atomic E-state index is 12.0. The lowest BCUT2D eigenvalue weighted by molar-refractivity contribution is -0.141. The lowest BCUT2D eigenvalue weighted by Crippen LogP contribution is -2.45. The zero-order chi connectivity index (χ0) is 23.7. The predicted octanol–water partition coefficient (Wildman–Crippen LogP) is 3.24. The zero-order valence-electron chi connectivity index (χ0n) is 18.7. The molecule has 4 heterocycles. The van der Waals surface area contributed by atoms with Crippen LogP contribution in [0.15, 0.2) is 48.9 Å². The van der Waals surface area contributed by atoms with Gasteiger partial charge in [0.15, 0.2) is 0 Å². The number of nitriles is 1. The minimum Gasteiger partial charge on any atom is -0.489 e. The minimum absolute atomic E-state index is 0.0929. The molecule has 0 radical (unpaired) electrons. The molecule has 3 aromatic heterocycles. The number of nitrogens with one attached hydrogen (secondary N) is 2. The Bertz CT molecular complexity index is 1360. The average Bonchev–Trinajstić information content (AvgIpc) is 3.54. The highest BCUT2D eigenvalue weighted by Crippen LogP contribution is 2.33. The number of nitrogens with zero attached hydrogens (tertiary/aromatic N) is 4. The van der Waals surface area contributed by atoms with Gasteiger partial charge in [-0.15, -0.1) is 0 Å². The molecule has 9 nitrogen and oxygen atoms in total. The van der Waals surface area contributed by atoms with Crippen molar-refractivity contribution in [3.63, 3.8) is 0 Å². The molecule has 172 valence electrons. The van der Waals surface area contributed by atoms with Gasteiger partial charge in [0, 0.05) is 61.0 Å². The number of carbonyl (C=O) groups is 1. The first kappa shape index (κ1) is 21.7. The highest BCUT2D eigenvalue weighted by Gasteiger charge is 2.26. The Hall–Kier alpha value is -4.16. The highest BCUT2D eigenvalue weighted by atomic mass is 16.5. The lowest BCUT2D eigenvalue weighted by Gasteiger charge is -2.33. The molecule has 1 aliphatic rings. The maximum Gasteiger partial charge on any atom is 0.251 e. The van der Waals surface area contributed by atoms with E-state index >= 15 is 0 Å². The second-order valence-electron chi connectivity index (χ2n) is 8.42. The van der Waals surface area contributed by atoms with Crippen molar-refractivity contribution >= 4 is 16.9 Å². The van der Waals surface area contributed by atoms with E-state index in [0.717, 1.165) is 33.4 Å². The maximum atomic E-state index is 12.0. The van der Waals surface area contributed by atoms with Gasteiger partial charge in [-0.3, -0.25) is 9.89 Å². The quantitative estimate of drug-likeness (QED) is 0.423. The van der Waals surface area contributed by atoms with Gasteiger partial charge in [-0.25, -0.2) is 4.98 Å². The number of carbonyl (C=O) groups excluding carboxylic acids is 1. The van der Waals surface area contributed by atoms with Crippen LogP contribution < -0.4 is 4.74 Å². The number of pyridine rings is 1. The number of amides is 1. The van der Waals surface area contributed by atoms with E-state index in [1.54, 1.807) is 17.3 Å². The fourth-order valence-corrected chi connectivity index (χ4v) is 4.33. The molecule has 1 aromatic carbocycles. The third-order valence-electron chi connectivity index (χ3n) is 6.14. The van der Waals surface area contributed by atoms with Crippen LogP contribution in [0.1, 0.15) is 25.3 Å². The van der Waals surface area contributed by atoms with Gasteiger partial charge >= 0.3 is 0 Å². The number of ether oxygens (including phenoxy) is 1. The third kappa shape index (κ3) is 4.11. The van der Waals surface area contributed by atoms with Gasteiger partial charge in [-0.2, -0.15) is 10.4 Å². The van der Waals surface area contributed by atoms with Crippen molar-refractivity contribution in [3.8, 4) is 34.2 Å². The van der Waals surface area contributed by atoms with E-state index in [0.29, 0.717) is 37.2 Å². The highest BCUT2D eigenvalue weighted by molar-refractivity contribution is 5.95. The first-order chi connectivity index (χ1) is 16.5. The molecular weight excluding hydrogens is 432 g/mol. The van der Waals surface area contributed by atoms with Gasteiger partial charge in [0.25, 0.3) is 5.91 Å². The van der Waals surface area contributed by atoms with E-state index in [9.17, 15) is 15.2 Å². The molecule has 0 saturated carbocycles. The molecule has 1 saturated heterocycles. The number of aromatic amines is 2. The summed E-state index contributed by atoms with van der Waals surface area (Å²) in [6.07, 6.45) is 5.64. The molecule has 9 heteroatoms. The van der Waals surface area contributed by atoms with Gasteiger partial charge in [0.05, 0.1) is 11.3 Å². The molecule has 3 N–H and O–H groups in total. The second-order valence-corrected chi connectivity index (χ2v) is 8.42. The lowest BCUT2D eigenvalue weighted by atomic mass is 10.0. The van der Waals surface area contributed by atoms with Crippen molar-refractivity contribution in [1.82, 2.24) is 25.1 Å². The number of aliphatic hydroxyl groups excluding tert-OH is 1. The normalized spacial score (nSPS) is 15.3.